The molecule has 0 rings (SSSR count). The zero-order valence-corrected chi connectivity index (χ0v) is 10.1. The van der Waals surface area contributed by atoms with E-state index < -0.39 is 0 Å². The summed E-state index contributed by atoms with van der Waals surface area (Å²) in [5, 5.41) is 0. The maximum Gasteiger partial charge on any atom is 0.223 e. The highest BCUT2D eigenvalue weighted by atomic mass is 35.5. The van der Waals surface area contributed by atoms with Crippen molar-refractivity contribution >= 4 is 29.3 Å². The van der Waals surface area contributed by atoms with Gasteiger partial charge in [0.25, 0.3) is 0 Å². The highest BCUT2D eigenvalue weighted by Crippen LogP contribution is 2.05. The summed E-state index contributed by atoms with van der Waals surface area (Å²) in [4.78, 5) is 13.4. The molecule has 0 spiro atoms. The first-order valence-corrected chi connectivity index (χ1v) is 6.40. The van der Waals surface area contributed by atoms with Gasteiger partial charge in [0.1, 0.15) is 0 Å². The zero-order valence-electron chi connectivity index (χ0n) is 8.55. The summed E-state index contributed by atoms with van der Waals surface area (Å²) in [6.45, 7) is 4.69. The van der Waals surface area contributed by atoms with Crippen LogP contribution >= 0.6 is 23.4 Å². The molecule has 0 aliphatic carbocycles. The molecular formula is C9H18ClNOS. The predicted molar refractivity (Wildman–Crippen MR) is 60.6 cm³/mol. The SMILES string of the molecule is CSCCC(=O)N(CCCl)C(C)C. The normalized spacial score (nSPS) is 10.5. The summed E-state index contributed by atoms with van der Waals surface area (Å²) in [6, 6.07) is 0.258. The lowest BCUT2D eigenvalue weighted by molar-refractivity contribution is -0.132. The quantitative estimate of drug-likeness (QED) is 0.644. The molecule has 0 aromatic heterocycles. The van der Waals surface area contributed by atoms with Crippen molar-refractivity contribution in [2.75, 3.05) is 24.4 Å². The smallest absolute Gasteiger partial charge is 0.223 e. The second-order valence-electron chi connectivity index (χ2n) is 3.11. The Morgan fingerprint density at radius 1 is 1.54 bits per heavy atom. The molecule has 0 heterocycles. The molecule has 4 heteroatoms. The molecule has 0 saturated heterocycles. The minimum absolute atomic E-state index is 0.213. The number of hydrogen-bond donors (Lipinski definition) is 0. The van der Waals surface area contributed by atoms with Gasteiger partial charge in [0.05, 0.1) is 0 Å². The molecule has 0 fully saturated rings. The van der Waals surface area contributed by atoms with Crippen molar-refractivity contribution in [1.29, 1.82) is 0 Å². The highest BCUT2D eigenvalue weighted by Gasteiger charge is 2.14. The van der Waals surface area contributed by atoms with E-state index in [1.807, 2.05) is 25.0 Å². The third-order valence-electron chi connectivity index (χ3n) is 1.79. The summed E-state index contributed by atoms with van der Waals surface area (Å²) in [5.41, 5.74) is 0. The number of carbonyl (C=O) groups is 1. The lowest BCUT2D eigenvalue weighted by Crippen LogP contribution is -2.38. The Balaban J connectivity index is 3.96. The number of rotatable bonds is 6. The topological polar surface area (TPSA) is 20.3 Å². The maximum atomic E-state index is 11.6. The Morgan fingerprint density at radius 2 is 2.15 bits per heavy atom. The van der Waals surface area contributed by atoms with Crippen LogP contribution in [-0.2, 0) is 4.79 Å². The molecule has 0 radical (unpaired) electrons. The molecule has 0 unspecified atom stereocenters. The molecule has 1 amide bonds. The molecule has 2 nitrogen and oxygen atoms in total. The summed E-state index contributed by atoms with van der Waals surface area (Å²) >= 11 is 7.32. The Kier molecular flexibility index (Phi) is 7.57. The Hall–Kier alpha value is 0.110. The van der Waals surface area contributed by atoms with E-state index in [2.05, 4.69) is 0 Å². The van der Waals surface area contributed by atoms with Gasteiger partial charge >= 0.3 is 0 Å². The molecule has 0 aromatic rings. The summed E-state index contributed by atoms with van der Waals surface area (Å²) in [7, 11) is 0. The first-order valence-electron chi connectivity index (χ1n) is 4.47. The molecule has 78 valence electrons. The van der Waals surface area contributed by atoms with E-state index in [0.29, 0.717) is 18.8 Å². The fraction of sp³-hybridized carbons (Fsp3) is 0.889. The first kappa shape index (κ1) is 13.1. The van der Waals surface area contributed by atoms with Gasteiger partial charge in [0.15, 0.2) is 0 Å². The van der Waals surface area contributed by atoms with Gasteiger partial charge in [0, 0.05) is 30.6 Å². The average Bonchev–Trinajstić information content (AvgIpc) is 2.09. The van der Waals surface area contributed by atoms with Crippen LogP contribution in [-0.4, -0.2) is 41.3 Å². The van der Waals surface area contributed by atoms with Crippen molar-refractivity contribution in [1.82, 2.24) is 4.90 Å². The van der Waals surface area contributed by atoms with Crippen LogP contribution in [0.15, 0.2) is 0 Å². The van der Waals surface area contributed by atoms with Crippen LogP contribution in [0.5, 0.6) is 0 Å². The number of alkyl halides is 1. The monoisotopic (exact) mass is 223 g/mol. The summed E-state index contributed by atoms with van der Waals surface area (Å²) < 4.78 is 0. The van der Waals surface area contributed by atoms with Crippen LogP contribution in [0.4, 0.5) is 0 Å². The van der Waals surface area contributed by atoms with Gasteiger partial charge in [-0.15, -0.1) is 11.6 Å². The van der Waals surface area contributed by atoms with E-state index in [0.717, 1.165) is 5.75 Å². The fourth-order valence-electron chi connectivity index (χ4n) is 1.09. The van der Waals surface area contributed by atoms with Gasteiger partial charge in [-0.3, -0.25) is 4.79 Å². The molecule has 0 bridgehead atoms. The Morgan fingerprint density at radius 3 is 2.54 bits per heavy atom. The van der Waals surface area contributed by atoms with Crippen LogP contribution in [0.3, 0.4) is 0 Å². The van der Waals surface area contributed by atoms with Gasteiger partial charge in [-0.25, -0.2) is 0 Å². The molecular weight excluding hydrogens is 206 g/mol. The third-order valence-corrected chi connectivity index (χ3v) is 2.57. The maximum absolute atomic E-state index is 11.6. The Labute approximate surface area is 90.0 Å². The van der Waals surface area contributed by atoms with E-state index in [4.69, 9.17) is 11.6 Å². The van der Waals surface area contributed by atoms with E-state index in [9.17, 15) is 4.79 Å². The van der Waals surface area contributed by atoms with Gasteiger partial charge in [-0.05, 0) is 20.1 Å². The average molecular weight is 224 g/mol. The van der Waals surface area contributed by atoms with Crippen molar-refractivity contribution in [3.8, 4) is 0 Å². The van der Waals surface area contributed by atoms with Gasteiger partial charge in [0.2, 0.25) is 5.91 Å². The largest absolute Gasteiger partial charge is 0.339 e. The van der Waals surface area contributed by atoms with Crippen LogP contribution < -0.4 is 0 Å². The van der Waals surface area contributed by atoms with Crippen LogP contribution in [0.25, 0.3) is 0 Å². The number of carbonyl (C=O) groups excluding carboxylic acids is 1. The van der Waals surface area contributed by atoms with Crippen molar-refractivity contribution < 1.29 is 4.79 Å². The molecule has 0 atom stereocenters. The van der Waals surface area contributed by atoms with E-state index in [-0.39, 0.29) is 11.9 Å². The van der Waals surface area contributed by atoms with Crippen molar-refractivity contribution in [3.05, 3.63) is 0 Å². The van der Waals surface area contributed by atoms with Crippen LogP contribution in [0.1, 0.15) is 20.3 Å². The minimum Gasteiger partial charge on any atom is -0.339 e. The molecule has 0 aliphatic rings. The highest BCUT2D eigenvalue weighted by molar-refractivity contribution is 7.98. The van der Waals surface area contributed by atoms with Crippen LogP contribution in [0, 0.1) is 0 Å². The van der Waals surface area contributed by atoms with Crippen molar-refractivity contribution in [2.24, 2.45) is 0 Å². The van der Waals surface area contributed by atoms with E-state index in [1.54, 1.807) is 11.8 Å². The number of nitrogens with zero attached hydrogens (tertiary/aromatic N) is 1. The zero-order chi connectivity index (χ0) is 10.3. The Bertz CT molecular complexity index is 153. The van der Waals surface area contributed by atoms with Gasteiger partial charge in [-0.2, -0.15) is 11.8 Å². The van der Waals surface area contributed by atoms with Gasteiger partial charge < -0.3 is 4.90 Å². The predicted octanol–water partition coefficient (Wildman–Crippen LogP) is 2.22. The van der Waals surface area contributed by atoms with Crippen molar-refractivity contribution in [2.45, 2.75) is 26.3 Å². The lowest BCUT2D eigenvalue weighted by Gasteiger charge is -2.25. The second kappa shape index (κ2) is 7.51. The van der Waals surface area contributed by atoms with E-state index >= 15 is 0 Å². The number of thioether (sulfide) groups is 1. The van der Waals surface area contributed by atoms with Crippen LogP contribution in [0.2, 0.25) is 0 Å². The molecule has 0 aromatic carbocycles. The standard InChI is InChI=1S/C9H18ClNOS/c1-8(2)11(6-5-10)9(12)4-7-13-3/h8H,4-7H2,1-3H3. The van der Waals surface area contributed by atoms with Gasteiger partial charge in [-0.1, -0.05) is 0 Å². The molecule has 0 N–H and O–H groups in total. The minimum atomic E-state index is 0.213. The molecule has 0 aliphatic heterocycles. The number of amides is 1. The lowest BCUT2D eigenvalue weighted by atomic mass is 10.3. The summed E-state index contributed by atoms with van der Waals surface area (Å²) in [6.07, 6.45) is 2.63. The second-order valence-corrected chi connectivity index (χ2v) is 4.48. The van der Waals surface area contributed by atoms with E-state index in [1.165, 1.54) is 0 Å². The summed E-state index contributed by atoms with van der Waals surface area (Å²) in [5.74, 6) is 1.62. The first-order chi connectivity index (χ1) is 6.13. The molecule has 13 heavy (non-hydrogen) atoms. The van der Waals surface area contributed by atoms with Crippen molar-refractivity contribution in [3.63, 3.8) is 0 Å². The fourth-order valence-corrected chi connectivity index (χ4v) is 1.66. The number of halogens is 1. The number of hydrogen-bond acceptors (Lipinski definition) is 2. The molecule has 0 saturated carbocycles. The third kappa shape index (κ3) is 5.42.